The lowest BCUT2D eigenvalue weighted by Crippen LogP contribution is -2.68. The number of carbonyl (C=O) groups is 6. The van der Waals surface area contributed by atoms with Crippen molar-refractivity contribution >= 4 is 35.3 Å². The lowest BCUT2D eigenvalue weighted by Gasteiger charge is -2.50. The normalized spacial score (nSPS) is 43.4. The predicted octanol–water partition coefficient (Wildman–Crippen LogP) is -15.1. The summed E-state index contributed by atoms with van der Waals surface area (Å²) in [5, 5.41) is 251. The van der Waals surface area contributed by atoms with Crippen LogP contribution in [0.1, 0.15) is 58.8 Å². The Balaban J connectivity index is 0.902. The quantitative estimate of drug-likeness (QED) is 0.0340. The summed E-state index contributed by atoms with van der Waals surface area (Å²) < 4.78 is 81.8. The number of aliphatic hydroxyl groups excluding tert-OH is 20. The molecule has 22 aliphatic rings. The molecule has 38 unspecified atom stereocenters. The maximum absolute atomic E-state index is 13.7. The molecule has 114 heavy (non-hydrogen) atoms. The molecular weight excluding hydrogens is 1550 g/mol. The first-order valence-electron chi connectivity index (χ1n) is 37.7. The Morgan fingerprint density at radius 2 is 0.667 bits per heavy atom. The smallest absolute Gasteiger partial charge is 0.347 e. The van der Waals surface area contributed by atoms with E-state index in [0.717, 1.165) is 0 Å². The van der Waals surface area contributed by atoms with Crippen LogP contribution in [0.15, 0.2) is 0 Å². The van der Waals surface area contributed by atoms with E-state index in [0.29, 0.717) is 26.1 Å². The summed E-state index contributed by atoms with van der Waals surface area (Å²) >= 11 is 0. The number of hydrogen-bond acceptors (Lipinski definition) is 43. The zero-order valence-corrected chi connectivity index (χ0v) is 62.4. The number of carbonyl (C=O) groups excluding carboxylic acids is 4. The monoisotopic (exact) mass is 1660 g/mol. The highest BCUT2D eigenvalue weighted by Crippen LogP contribution is 2.40. The van der Waals surface area contributed by atoms with Gasteiger partial charge in [-0.3, -0.25) is 28.9 Å². The Labute approximate surface area is 650 Å². The van der Waals surface area contributed by atoms with E-state index in [4.69, 9.17) is 66.3 Å². The third kappa shape index (κ3) is 22.3. The zero-order valence-electron chi connectivity index (χ0n) is 62.4. The Bertz CT molecular complexity index is 3060. The number of amides is 2. The van der Waals surface area contributed by atoms with Crippen molar-refractivity contribution in [2.45, 2.75) is 286 Å². The van der Waals surface area contributed by atoms with Gasteiger partial charge in [0.25, 0.3) is 0 Å². The van der Waals surface area contributed by atoms with Crippen LogP contribution in [0, 0.1) is 5.92 Å². The lowest BCUT2D eigenvalue weighted by atomic mass is 9.94. The third-order valence-corrected chi connectivity index (χ3v) is 21.7. The van der Waals surface area contributed by atoms with Gasteiger partial charge in [-0.1, -0.05) is 6.92 Å². The summed E-state index contributed by atoms with van der Waals surface area (Å²) in [6, 6.07) is -0.134. The maximum Gasteiger partial charge on any atom is 0.347 e. The number of carboxylic acid groups (broad SMARTS) is 2. The van der Waals surface area contributed by atoms with Gasteiger partial charge in [-0.15, -0.1) is 0 Å². The van der Waals surface area contributed by atoms with E-state index in [1.54, 1.807) is 6.92 Å². The van der Waals surface area contributed by atoms with Crippen LogP contribution in [0.25, 0.3) is 0 Å². The van der Waals surface area contributed by atoms with Gasteiger partial charge in [0.05, 0.1) is 45.6 Å². The molecule has 2 amide bonds. The van der Waals surface area contributed by atoms with E-state index in [-0.39, 0.29) is 44.9 Å². The molecule has 0 aliphatic carbocycles. The second-order valence-electron chi connectivity index (χ2n) is 29.8. The summed E-state index contributed by atoms with van der Waals surface area (Å²) in [4.78, 5) is 81.3. The van der Waals surface area contributed by atoms with Gasteiger partial charge in [0, 0.05) is 90.4 Å². The van der Waals surface area contributed by atoms with E-state index < -0.39 is 328 Å². The van der Waals surface area contributed by atoms with Gasteiger partial charge in [-0.2, -0.15) is 0 Å². The number of ether oxygens (including phenoxy) is 14. The molecule has 22 fully saturated rings. The van der Waals surface area contributed by atoms with E-state index in [1.807, 2.05) is 16.7 Å². The molecule has 0 aromatic carbocycles. The number of aliphatic carboxylic acids is 2. The van der Waals surface area contributed by atoms with Crippen LogP contribution in [-0.4, -0.2) is 482 Å². The lowest BCUT2D eigenvalue weighted by molar-refractivity contribution is -0.396. The van der Waals surface area contributed by atoms with Crippen LogP contribution in [0.4, 0.5) is 0 Å². The number of Topliss-reactive ketones (excluding diaryl/α,β-unsaturated/α-hetero) is 2. The molecular formula is C67H111N5O42. The van der Waals surface area contributed by atoms with Crippen LogP contribution >= 0.6 is 0 Å². The van der Waals surface area contributed by atoms with Gasteiger partial charge in [0.2, 0.25) is 18.0 Å². The topological polar surface area (TPSA) is 710 Å². The largest absolute Gasteiger partial charge is 0.481 e. The number of nitrogens with one attached hydrogen (secondary N) is 2. The van der Waals surface area contributed by atoms with Crippen LogP contribution in [0.5, 0.6) is 0 Å². The fraction of sp³-hybridized carbons (Fsp3) is 0.910. The minimum absolute atomic E-state index is 0.0697. The summed E-state index contributed by atoms with van der Waals surface area (Å²) in [6.45, 7) is -1.96. The molecule has 0 aromatic rings. The number of ketones is 2. The molecule has 22 aliphatic heterocycles. The Morgan fingerprint density at radius 1 is 0.377 bits per heavy atom. The van der Waals surface area contributed by atoms with Crippen molar-refractivity contribution in [1.29, 1.82) is 0 Å². The molecule has 38 atom stereocenters. The van der Waals surface area contributed by atoms with E-state index in [9.17, 15) is 141 Å². The number of carboxylic acids is 2. The summed E-state index contributed by atoms with van der Waals surface area (Å²) in [6.07, 6.45) is -75.8. The fourth-order valence-electron chi connectivity index (χ4n) is 15.1. The van der Waals surface area contributed by atoms with Crippen LogP contribution in [0.2, 0.25) is 0 Å². The average molecular weight is 1660 g/mol. The van der Waals surface area contributed by atoms with Gasteiger partial charge < -0.3 is 199 Å². The summed E-state index contributed by atoms with van der Waals surface area (Å²) in [5.74, 6) is -6.62. The van der Waals surface area contributed by atoms with Gasteiger partial charge >= 0.3 is 11.9 Å². The van der Waals surface area contributed by atoms with E-state index >= 15 is 0 Å². The molecule has 24 N–H and O–H groups in total. The van der Waals surface area contributed by atoms with Crippen molar-refractivity contribution in [2.24, 2.45) is 5.92 Å². The Kier molecular flexibility index (Phi) is 34.7. The second kappa shape index (κ2) is 42.3. The molecule has 0 radical (unpaired) electrons. The standard InChI is InChI=1S/C67H111N5O42/c1-4-5-35(81)68-58(60(99)100)69-36(82)8-11-72-13-12-71(16-24(72)2)10-7-27(80)15-25(59(97)98)14-26(79)6-9-70(3)17-28-51-37(83)44(90)61(101-28)109-52-29(18-73)103-63(46(92)39(52)85)111-54-31(20-75)105-65(48(94)41(54)87)113-56-33(22-77)107-67(50(96)43(56)89)114-57-34(23-78)106-66(49(95)42(57)88)112-55-32(21-76)104-64(47(93)40(55)86)110-53-30(19-74)102-62(108-51)45(91)38(53)84/h24-25,28-34,37-58,61-67,73-78,83-96H,4-23H2,1-3H3,(H,68,81)(H,69,82)(H,97,98)(H,99,100). The number of rotatable bonds is 27. The third-order valence-electron chi connectivity index (χ3n) is 21.7. The first-order chi connectivity index (χ1) is 54.1. The molecule has 47 nitrogen and oxygen atoms in total. The Hall–Kier alpha value is -4.26. The van der Waals surface area contributed by atoms with Crippen LogP contribution in [0.3, 0.4) is 0 Å². The van der Waals surface area contributed by atoms with Crippen molar-refractivity contribution in [2.75, 3.05) is 92.5 Å². The Morgan fingerprint density at radius 3 is 0.947 bits per heavy atom. The molecule has 656 valence electrons. The number of aliphatic hydroxyl groups is 20. The molecule has 22 rings (SSSR count). The summed E-state index contributed by atoms with van der Waals surface area (Å²) in [5.41, 5.74) is 0. The predicted molar refractivity (Wildman–Crippen MR) is 363 cm³/mol. The molecule has 0 spiro atoms. The molecule has 22 heterocycles. The highest BCUT2D eigenvalue weighted by Gasteiger charge is 2.60. The SMILES string of the molecule is CCCC(=O)NC(NC(=O)CCN1CCN(CCC(=O)CC(CC(=O)CCN(C)CC2OC3OC4C(CO)OC(OC5C(CO)OC(OC6C(CO)OC(OC7C(CO)OC(OC8C(CO)OC(OC9C(CO)OC(OC2C(O)C3O)C(O)C9O)C(O)C8O)C(O)C7O)C(O)C6O)C(O)C5O)C(O)C4O)C(=O)O)CC1C)C(=O)O. The number of nitrogens with zero attached hydrogens (tertiary/aromatic N) is 3. The number of hydrogen-bond donors (Lipinski definition) is 24. The van der Waals surface area contributed by atoms with Crippen molar-refractivity contribution in [1.82, 2.24) is 25.3 Å². The fourth-order valence-corrected chi connectivity index (χ4v) is 15.1. The summed E-state index contributed by atoms with van der Waals surface area (Å²) in [7, 11) is 1.40. The zero-order chi connectivity index (χ0) is 83.6. The van der Waals surface area contributed by atoms with Crippen molar-refractivity contribution < 1.29 is 207 Å². The van der Waals surface area contributed by atoms with Crippen LogP contribution in [-0.2, 0) is 95.1 Å². The molecule has 0 aromatic heterocycles. The highest BCUT2D eigenvalue weighted by molar-refractivity contribution is 5.89. The van der Waals surface area contributed by atoms with Gasteiger partial charge in [0.15, 0.2) is 44.0 Å². The highest BCUT2D eigenvalue weighted by atomic mass is 16.8. The van der Waals surface area contributed by atoms with Crippen molar-refractivity contribution in [3.8, 4) is 0 Å². The van der Waals surface area contributed by atoms with E-state index in [1.165, 1.54) is 11.9 Å². The number of piperazine rings is 1. The minimum atomic E-state index is -2.32. The molecule has 47 heteroatoms. The second-order valence-corrected chi connectivity index (χ2v) is 29.8. The van der Waals surface area contributed by atoms with Crippen molar-refractivity contribution in [3.05, 3.63) is 0 Å². The first-order valence-corrected chi connectivity index (χ1v) is 37.7. The number of likely N-dealkylation sites (N-methyl/N-ethyl adjacent to an activating group) is 1. The molecule has 0 saturated carbocycles. The average Bonchev–Trinajstić information content (AvgIpc) is 0.777. The molecule has 22 saturated heterocycles. The van der Waals surface area contributed by atoms with Crippen molar-refractivity contribution in [3.63, 3.8) is 0 Å². The van der Waals surface area contributed by atoms with Gasteiger partial charge in [-0.05, 0) is 20.4 Å². The van der Waals surface area contributed by atoms with Crippen LogP contribution < -0.4 is 10.6 Å². The molecule has 14 bridgehead atoms. The maximum atomic E-state index is 13.7. The minimum Gasteiger partial charge on any atom is -0.481 e. The van der Waals surface area contributed by atoms with Gasteiger partial charge in [0.1, 0.15) is 182 Å². The van der Waals surface area contributed by atoms with Gasteiger partial charge in [-0.25, -0.2) is 4.79 Å². The van der Waals surface area contributed by atoms with E-state index in [2.05, 4.69) is 10.6 Å². The first kappa shape index (κ1) is 93.6.